The summed E-state index contributed by atoms with van der Waals surface area (Å²) in [6.07, 6.45) is 0.657. The van der Waals surface area contributed by atoms with Crippen molar-refractivity contribution in [2.24, 2.45) is 5.92 Å². The van der Waals surface area contributed by atoms with Gasteiger partial charge < -0.3 is 0 Å². The number of fused-ring (bicyclic) bond motifs is 1. The third kappa shape index (κ3) is 1.47. The molecular weight excluding hydrogens is 178 g/mol. The van der Waals surface area contributed by atoms with Crippen LogP contribution in [0.4, 0.5) is 0 Å². The summed E-state index contributed by atoms with van der Waals surface area (Å²) in [6, 6.07) is 0.618. The number of ketones is 1. The summed E-state index contributed by atoms with van der Waals surface area (Å²) in [5.41, 5.74) is 6.40. The highest BCUT2D eigenvalue weighted by Crippen LogP contribution is 2.27. The molecule has 80 valence electrons. The van der Waals surface area contributed by atoms with Gasteiger partial charge in [-0.1, -0.05) is 13.8 Å². The maximum absolute atomic E-state index is 11.8. The first-order valence-corrected chi connectivity index (χ1v) is 5.53. The SMILES string of the molecule is CCC(=O)C1C2CNNC2CN1CC. The van der Waals surface area contributed by atoms with E-state index >= 15 is 0 Å². The standard InChI is InChI=1S/C10H19N3O/c1-3-9(14)10-7-5-11-12-8(7)6-13(10)4-2/h7-8,10-12H,3-6H2,1-2H3. The van der Waals surface area contributed by atoms with E-state index in [0.29, 0.717) is 24.2 Å². The summed E-state index contributed by atoms with van der Waals surface area (Å²) in [7, 11) is 0. The molecule has 4 nitrogen and oxygen atoms in total. The van der Waals surface area contributed by atoms with E-state index in [4.69, 9.17) is 0 Å². The number of hydrogen-bond acceptors (Lipinski definition) is 4. The Bertz CT molecular complexity index is 231. The largest absolute Gasteiger partial charge is 0.298 e. The fourth-order valence-corrected chi connectivity index (χ4v) is 2.68. The van der Waals surface area contributed by atoms with Crippen molar-refractivity contribution in [2.45, 2.75) is 32.4 Å². The number of hydrogen-bond donors (Lipinski definition) is 2. The number of rotatable bonds is 3. The monoisotopic (exact) mass is 197 g/mol. The van der Waals surface area contributed by atoms with E-state index in [0.717, 1.165) is 19.6 Å². The van der Waals surface area contributed by atoms with Crippen molar-refractivity contribution in [3.63, 3.8) is 0 Å². The van der Waals surface area contributed by atoms with Crippen molar-refractivity contribution in [3.05, 3.63) is 0 Å². The molecule has 0 aromatic heterocycles. The number of hydrazine groups is 1. The van der Waals surface area contributed by atoms with Gasteiger partial charge in [0.05, 0.1) is 6.04 Å². The normalized spacial score (nSPS) is 37.4. The Balaban J connectivity index is 2.13. The van der Waals surface area contributed by atoms with Gasteiger partial charge in [-0.25, -0.2) is 0 Å². The molecule has 2 fully saturated rings. The summed E-state index contributed by atoms with van der Waals surface area (Å²) < 4.78 is 0. The molecule has 0 saturated carbocycles. The molecule has 4 heteroatoms. The second-order valence-electron chi connectivity index (χ2n) is 4.15. The van der Waals surface area contributed by atoms with E-state index in [1.54, 1.807) is 0 Å². The van der Waals surface area contributed by atoms with Gasteiger partial charge in [0.1, 0.15) is 5.78 Å². The van der Waals surface area contributed by atoms with Gasteiger partial charge >= 0.3 is 0 Å². The van der Waals surface area contributed by atoms with Crippen molar-refractivity contribution >= 4 is 5.78 Å². The molecule has 2 saturated heterocycles. The Labute approximate surface area is 85.0 Å². The zero-order chi connectivity index (χ0) is 10.1. The van der Waals surface area contributed by atoms with Gasteiger partial charge in [0, 0.05) is 31.5 Å². The predicted octanol–water partition coefficient (Wildman–Crippen LogP) is -0.238. The molecule has 2 aliphatic heterocycles. The first-order chi connectivity index (χ1) is 6.77. The summed E-state index contributed by atoms with van der Waals surface area (Å²) in [5.74, 6) is 0.868. The van der Waals surface area contributed by atoms with Gasteiger partial charge in [-0.2, -0.15) is 0 Å². The van der Waals surface area contributed by atoms with Crippen molar-refractivity contribution in [1.29, 1.82) is 0 Å². The Kier molecular flexibility index (Phi) is 2.85. The van der Waals surface area contributed by atoms with Crippen LogP contribution in [0.3, 0.4) is 0 Å². The van der Waals surface area contributed by atoms with E-state index in [-0.39, 0.29) is 6.04 Å². The molecule has 0 spiro atoms. The van der Waals surface area contributed by atoms with E-state index in [9.17, 15) is 4.79 Å². The van der Waals surface area contributed by atoms with Crippen LogP contribution >= 0.6 is 0 Å². The highest BCUT2D eigenvalue weighted by Gasteiger charge is 2.46. The smallest absolute Gasteiger partial charge is 0.150 e. The minimum Gasteiger partial charge on any atom is -0.298 e. The lowest BCUT2D eigenvalue weighted by Crippen LogP contribution is -2.41. The molecule has 0 aliphatic carbocycles. The van der Waals surface area contributed by atoms with Crippen LogP contribution in [0.15, 0.2) is 0 Å². The van der Waals surface area contributed by atoms with Crippen LogP contribution in [0.5, 0.6) is 0 Å². The molecule has 2 heterocycles. The molecule has 2 aliphatic rings. The number of carbonyl (C=O) groups excluding carboxylic acids is 1. The Morgan fingerprint density at radius 2 is 2.29 bits per heavy atom. The van der Waals surface area contributed by atoms with Gasteiger partial charge in [0.25, 0.3) is 0 Å². The highest BCUT2D eigenvalue weighted by atomic mass is 16.1. The summed E-state index contributed by atoms with van der Waals surface area (Å²) in [6.45, 7) is 7.00. The zero-order valence-corrected chi connectivity index (χ0v) is 8.92. The minimum atomic E-state index is 0.150. The summed E-state index contributed by atoms with van der Waals surface area (Å²) in [4.78, 5) is 14.1. The van der Waals surface area contributed by atoms with E-state index < -0.39 is 0 Å². The quantitative estimate of drug-likeness (QED) is 0.655. The van der Waals surface area contributed by atoms with Crippen molar-refractivity contribution < 1.29 is 4.79 Å². The van der Waals surface area contributed by atoms with Crippen LogP contribution in [0.25, 0.3) is 0 Å². The predicted molar refractivity (Wildman–Crippen MR) is 54.7 cm³/mol. The minimum absolute atomic E-state index is 0.150. The molecule has 0 aromatic rings. The lowest BCUT2D eigenvalue weighted by atomic mass is 9.94. The van der Waals surface area contributed by atoms with Crippen molar-refractivity contribution in [2.75, 3.05) is 19.6 Å². The third-order valence-electron chi connectivity index (χ3n) is 3.46. The molecule has 14 heavy (non-hydrogen) atoms. The number of Topliss-reactive ketones (excluding diaryl/α,β-unsaturated/α-hetero) is 1. The van der Waals surface area contributed by atoms with Crippen LogP contribution in [-0.2, 0) is 4.79 Å². The molecule has 2 rings (SSSR count). The Hall–Kier alpha value is -0.450. The highest BCUT2D eigenvalue weighted by molar-refractivity contribution is 5.84. The zero-order valence-electron chi connectivity index (χ0n) is 8.92. The second kappa shape index (κ2) is 3.96. The maximum Gasteiger partial charge on any atom is 0.150 e. The molecule has 3 unspecified atom stereocenters. The molecule has 2 N–H and O–H groups in total. The molecule has 0 amide bonds. The van der Waals surface area contributed by atoms with Gasteiger partial charge in [-0.3, -0.25) is 20.5 Å². The maximum atomic E-state index is 11.8. The molecule has 0 bridgehead atoms. The van der Waals surface area contributed by atoms with Gasteiger partial charge in [0.2, 0.25) is 0 Å². The van der Waals surface area contributed by atoms with Crippen LogP contribution in [0.2, 0.25) is 0 Å². The fourth-order valence-electron chi connectivity index (χ4n) is 2.68. The van der Waals surface area contributed by atoms with E-state index in [1.807, 2.05) is 6.92 Å². The number of likely N-dealkylation sites (tertiary alicyclic amines) is 1. The molecule has 0 radical (unpaired) electrons. The van der Waals surface area contributed by atoms with Crippen LogP contribution < -0.4 is 10.9 Å². The molecule has 3 atom stereocenters. The lowest BCUT2D eigenvalue weighted by molar-refractivity contribution is -0.124. The number of nitrogens with zero attached hydrogens (tertiary/aromatic N) is 1. The number of nitrogens with one attached hydrogen (secondary N) is 2. The summed E-state index contributed by atoms with van der Waals surface area (Å²) >= 11 is 0. The van der Waals surface area contributed by atoms with E-state index in [1.165, 1.54) is 0 Å². The molecule has 0 aromatic carbocycles. The van der Waals surface area contributed by atoms with Crippen LogP contribution in [0, 0.1) is 5.92 Å². The average molecular weight is 197 g/mol. The molecular formula is C10H19N3O. The topological polar surface area (TPSA) is 44.4 Å². The number of likely N-dealkylation sites (N-methyl/N-ethyl adjacent to an activating group) is 1. The van der Waals surface area contributed by atoms with Gasteiger partial charge in [-0.15, -0.1) is 0 Å². The van der Waals surface area contributed by atoms with Crippen LogP contribution in [0.1, 0.15) is 20.3 Å². The van der Waals surface area contributed by atoms with Crippen LogP contribution in [-0.4, -0.2) is 42.4 Å². The number of carbonyl (C=O) groups is 1. The van der Waals surface area contributed by atoms with Crippen molar-refractivity contribution in [3.8, 4) is 0 Å². The van der Waals surface area contributed by atoms with Crippen molar-refractivity contribution in [1.82, 2.24) is 15.8 Å². The fraction of sp³-hybridized carbons (Fsp3) is 0.900. The summed E-state index contributed by atoms with van der Waals surface area (Å²) in [5, 5.41) is 0. The second-order valence-corrected chi connectivity index (χ2v) is 4.15. The van der Waals surface area contributed by atoms with Gasteiger partial charge in [0.15, 0.2) is 0 Å². The first kappa shape index (κ1) is 10.1. The van der Waals surface area contributed by atoms with E-state index in [2.05, 4.69) is 22.7 Å². The van der Waals surface area contributed by atoms with Gasteiger partial charge in [-0.05, 0) is 6.54 Å². The Morgan fingerprint density at radius 3 is 2.93 bits per heavy atom. The third-order valence-corrected chi connectivity index (χ3v) is 3.46. The lowest BCUT2D eigenvalue weighted by Gasteiger charge is -2.24. The Morgan fingerprint density at radius 1 is 1.50 bits per heavy atom. The first-order valence-electron chi connectivity index (χ1n) is 5.53. The average Bonchev–Trinajstić information content (AvgIpc) is 2.74.